The van der Waals surface area contributed by atoms with Gasteiger partial charge in [-0.25, -0.2) is 4.98 Å². The molecule has 1 aliphatic rings. The van der Waals surface area contributed by atoms with Crippen molar-refractivity contribution in [3.8, 4) is 28.5 Å². The Hall–Kier alpha value is -3.78. The molecule has 4 aromatic heterocycles. The van der Waals surface area contributed by atoms with Gasteiger partial charge >= 0.3 is 0 Å². The molecular formula is C24H20ClN7O. The fraction of sp³-hybridized carbons (Fsp3) is 0.208. The molecule has 0 atom stereocenters. The Kier molecular flexibility index (Phi) is 4.62. The van der Waals surface area contributed by atoms with Crippen LogP contribution in [0.25, 0.3) is 28.5 Å². The average molecular weight is 458 g/mol. The molecule has 5 heterocycles. The summed E-state index contributed by atoms with van der Waals surface area (Å²) in [6.07, 6.45) is 8.11. The fourth-order valence-electron chi connectivity index (χ4n) is 4.16. The molecule has 5 aromatic rings. The Morgan fingerprint density at radius 3 is 2.88 bits per heavy atom. The molecule has 6 rings (SSSR count). The Morgan fingerprint density at radius 1 is 1.18 bits per heavy atom. The van der Waals surface area contributed by atoms with E-state index in [-0.39, 0.29) is 5.92 Å². The highest BCUT2D eigenvalue weighted by Crippen LogP contribution is 2.38. The number of halogens is 1. The normalized spacial score (nSPS) is 12.4. The average Bonchev–Trinajstić information content (AvgIpc) is 3.52. The van der Waals surface area contributed by atoms with Gasteiger partial charge in [0, 0.05) is 47.1 Å². The summed E-state index contributed by atoms with van der Waals surface area (Å²) in [6.45, 7) is 4.70. The van der Waals surface area contributed by atoms with E-state index < -0.39 is 0 Å². The molecule has 0 radical (unpaired) electrons. The summed E-state index contributed by atoms with van der Waals surface area (Å²) in [5.41, 5.74) is 6.63. The van der Waals surface area contributed by atoms with E-state index in [2.05, 4.69) is 30.9 Å². The van der Waals surface area contributed by atoms with E-state index in [4.69, 9.17) is 21.2 Å². The van der Waals surface area contributed by atoms with Gasteiger partial charge in [0.1, 0.15) is 6.33 Å². The molecule has 0 amide bonds. The second-order valence-electron chi connectivity index (χ2n) is 8.42. The van der Waals surface area contributed by atoms with Gasteiger partial charge in [0.25, 0.3) is 5.89 Å². The zero-order valence-corrected chi connectivity index (χ0v) is 18.9. The zero-order chi connectivity index (χ0) is 22.5. The van der Waals surface area contributed by atoms with Crippen LogP contribution < -0.4 is 0 Å². The van der Waals surface area contributed by atoms with Gasteiger partial charge in [-0.3, -0.25) is 9.67 Å². The molecule has 8 nitrogen and oxygen atoms in total. The van der Waals surface area contributed by atoms with E-state index in [1.807, 2.05) is 55.1 Å². The minimum absolute atomic E-state index is 0.170. The monoisotopic (exact) mass is 457 g/mol. The van der Waals surface area contributed by atoms with E-state index in [1.165, 1.54) is 0 Å². The molecule has 0 saturated heterocycles. The molecule has 0 spiro atoms. The lowest BCUT2D eigenvalue weighted by molar-refractivity contribution is 0.418. The Labute approximate surface area is 194 Å². The predicted molar refractivity (Wildman–Crippen MR) is 123 cm³/mol. The molecule has 0 N–H and O–H groups in total. The van der Waals surface area contributed by atoms with E-state index >= 15 is 0 Å². The second-order valence-corrected chi connectivity index (χ2v) is 8.86. The van der Waals surface area contributed by atoms with Crippen LogP contribution in [0.15, 0.2) is 59.8 Å². The standard InChI is InChI=1S/C24H20ClN7O/c1-14(2)23-28-24(33-30-23)22-20-8-16-12-31(11-15-4-3-7-26-10-15)29-21(16)18-9-17(25)5-6-19(18)32(20)13-27-22/h3-7,9-10,12-14H,8,11H2,1-2H3. The maximum atomic E-state index is 6.39. The molecule has 9 heteroatoms. The summed E-state index contributed by atoms with van der Waals surface area (Å²) in [6, 6.07) is 9.80. The van der Waals surface area contributed by atoms with Crippen LogP contribution in [-0.4, -0.2) is 34.5 Å². The van der Waals surface area contributed by atoms with Gasteiger partial charge in [0.05, 0.1) is 23.6 Å². The molecule has 0 saturated carbocycles. The van der Waals surface area contributed by atoms with Gasteiger partial charge in [0.15, 0.2) is 11.5 Å². The molecule has 164 valence electrons. The first-order chi connectivity index (χ1) is 16.1. The lowest BCUT2D eigenvalue weighted by Crippen LogP contribution is -2.03. The Morgan fingerprint density at radius 2 is 2.09 bits per heavy atom. The molecule has 0 fully saturated rings. The van der Waals surface area contributed by atoms with Crippen molar-refractivity contribution in [3.63, 3.8) is 0 Å². The van der Waals surface area contributed by atoms with Crippen molar-refractivity contribution in [1.82, 2.24) is 34.5 Å². The van der Waals surface area contributed by atoms with Gasteiger partial charge in [-0.05, 0) is 29.8 Å². The molecule has 0 aliphatic carbocycles. The maximum Gasteiger partial charge on any atom is 0.278 e. The fourth-order valence-corrected chi connectivity index (χ4v) is 4.33. The van der Waals surface area contributed by atoms with Crippen LogP contribution in [0, 0.1) is 0 Å². The van der Waals surface area contributed by atoms with E-state index in [0.717, 1.165) is 33.8 Å². The van der Waals surface area contributed by atoms with Crippen LogP contribution in [0.3, 0.4) is 0 Å². The summed E-state index contributed by atoms with van der Waals surface area (Å²) in [5.74, 6) is 1.26. The van der Waals surface area contributed by atoms with Crippen LogP contribution in [0.2, 0.25) is 5.02 Å². The summed E-state index contributed by atoms with van der Waals surface area (Å²) >= 11 is 6.39. The van der Waals surface area contributed by atoms with E-state index in [0.29, 0.717) is 35.4 Å². The third-order valence-electron chi connectivity index (χ3n) is 5.76. The van der Waals surface area contributed by atoms with Gasteiger partial charge in [0.2, 0.25) is 0 Å². The molecule has 0 unspecified atom stereocenters. The van der Waals surface area contributed by atoms with Crippen molar-refractivity contribution < 1.29 is 4.52 Å². The van der Waals surface area contributed by atoms with E-state index in [1.54, 1.807) is 12.5 Å². The second kappa shape index (κ2) is 7.67. The number of aromatic nitrogens is 7. The van der Waals surface area contributed by atoms with Crippen molar-refractivity contribution in [2.24, 2.45) is 0 Å². The Balaban J connectivity index is 1.50. The summed E-state index contributed by atoms with van der Waals surface area (Å²) in [5, 5.41) is 9.70. The maximum absolute atomic E-state index is 6.39. The minimum Gasteiger partial charge on any atom is -0.332 e. The SMILES string of the molecule is CC(C)c1noc(-c2ncn3c2Cc2cn(Cc4cccnc4)nc2-c2cc(Cl)ccc2-3)n1. The molecule has 0 bridgehead atoms. The minimum atomic E-state index is 0.170. The number of fused-ring (bicyclic) bond motifs is 5. The highest BCUT2D eigenvalue weighted by atomic mass is 35.5. The number of imidazole rings is 1. The molecule has 1 aliphatic heterocycles. The van der Waals surface area contributed by atoms with Crippen LogP contribution in [0.4, 0.5) is 0 Å². The van der Waals surface area contributed by atoms with Crippen molar-refractivity contribution in [1.29, 1.82) is 0 Å². The molecule has 1 aromatic carbocycles. The largest absolute Gasteiger partial charge is 0.332 e. The van der Waals surface area contributed by atoms with Crippen molar-refractivity contribution >= 4 is 11.6 Å². The predicted octanol–water partition coefficient (Wildman–Crippen LogP) is 4.91. The van der Waals surface area contributed by atoms with E-state index in [9.17, 15) is 0 Å². The van der Waals surface area contributed by atoms with Gasteiger partial charge in [-0.1, -0.05) is 36.7 Å². The van der Waals surface area contributed by atoms with Crippen LogP contribution >= 0.6 is 11.6 Å². The number of benzene rings is 1. The number of nitrogens with zero attached hydrogens (tertiary/aromatic N) is 7. The number of rotatable bonds is 4. The van der Waals surface area contributed by atoms with Crippen molar-refractivity contribution in [2.45, 2.75) is 32.7 Å². The van der Waals surface area contributed by atoms with Crippen molar-refractivity contribution in [2.75, 3.05) is 0 Å². The number of hydrogen-bond acceptors (Lipinski definition) is 6. The van der Waals surface area contributed by atoms with Gasteiger partial charge < -0.3 is 9.09 Å². The lowest BCUT2D eigenvalue weighted by Gasteiger charge is -2.10. The van der Waals surface area contributed by atoms with Crippen LogP contribution in [0.1, 0.15) is 42.4 Å². The third kappa shape index (κ3) is 3.43. The van der Waals surface area contributed by atoms with Crippen molar-refractivity contribution in [3.05, 3.63) is 82.9 Å². The lowest BCUT2D eigenvalue weighted by atomic mass is 10.0. The van der Waals surface area contributed by atoms with Gasteiger partial charge in [-0.15, -0.1) is 0 Å². The first-order valence-corrected chi connectivity index (χ1v) is 11.1. The Bertz CT molecular complexity index is 1470. The highest BCUT2D eigenvalue weighted by molar-refractivity contribution is 6.31. The quantitative estimate of drug-likeness (QED) is 0.373. The topological polar surface area (TPSA) is 87.5 Å². The highest BCUT2D eigenvalue weighted by Gasteiger charge is 2.28. The third-order valence-corrected chi connectivity index (χ3v) is 6.00. The summed E-state index contributed by atoms with van der Waals surface area (Å²) in [7, 11) is 0. The molecular weight excluding hydrogens is 438 g/mol. The van der Waals surface area contributed by atoms with Gasteiger partial charge in [-0.2, -0.15) is 10.1 Å². The number of hydrogen-bond donors (Lipinski definition) is 0. The number of pyridine rings is 1. The summed E-state index contributed by atoms with van der Waals surface area (Å²) < 4.78 is 9.58. The summed E-state index contributed by atoms with van der Waals surface area (Å²) in [4.78, 5) is 13.4. The zero-order valence-electron chi connectivity index (χ0n) is 18.1. The molecule has 33 heavy (non-hydrogen) atoms. The van der Waals surface area contributed by atoms with Crippen LogP contribution in [0.5, 0.6) is 0 Å². The van der Waals surface area contributed by atoms with Crippen LogP contribution in [-0.2, 0) is 13.0 Å². The first-order valence-electron chi connectivity index (χ1n) is 10.7. The first kappa shape index (κ1) is 19.9. The smallest absolute Gasteiger partial charge is 0.278 e.